The van der Waals surface area contributed by atoms with Gasteiger partial charge in [-0.3, -0.25) is 0 Å². The molecule has 1 aromatic carbocycles. The summed E-state index contributed by atoms with van der Waals surface area (Å²) in [6, 6.07) is 10.0. The van der Waals surface area contributed by atoms with Gasteiger partial charge >= 0.3 is 5.97 Å². The van der Waals surface area contributed by atoms with E-state index in [0.29, 0.717) is 12.2 Å². The Bertz CT molecular complexity index is 339. The van der Waals surface area contributed by atoms with E-state index in [9.17, 15) is 4.79 Å². The quantitative estimate of drug-likeness (QED) is 0.557. The van der Waals surface area contributed by atoms with E-state index >= 15 is 0 Å². The summed E-state index contributed by atoms with van der Waals surface area (Å²) in [4.78, 5) is 11.3. The van der Waals surface area contributed by atoms with Crippen LogP contribution in [0.25, 0.3) is 0 Å². The Morgan fingerprint density at radius 2 is 2.00 bits per heavy atom. The molecule has 0 aromatic heterocycles. The van der Waals surface area contributed by atoms with Crippen molar-refractivity contribution in [2.75, 3.05) is 6.61 Å². The molecule has 0 bridgehead atoms. The lowest BCUT2D eigenvalue weighted by molar-refractivity contribution is -0.138. The van der Waals surface area contributed by atoms with Gasteiger partial charge in [0.1, 0.15) is 0 Å². The molecule has 0 aliphatic heterocycles. The highest BCUT2D eigenvalue weighted by molar-refractivity contribution is 5.87. The van der Waals surface area contributed by atoms with Crippen LogP contribution in [0.3, 0.4) is 0 Å². The third-order valence-corrected chi connectivity index (χ3v) is 2.08. The predicted octanol–water partition coefficient (Wildman–Crippen LogP) is 2.74. The first kappa shape index (κ1) is 11.5. The molecule has 0 amide bonds. The molecule has 15 heavy (non-hydrogen) atoms. The fraction of sp³-hybridized carbons (Fsp3) is 0.308. The standard InChI is InChI=1S/C13H16O2/c1-3-15-13(14)11(2)9-10-12-7-5-4-6-8-12/h4-9H,3,10H2,1-2H3/b11-9+. The Labute approximate surface area is 90.6 Å². The Balaban J connectivity index is 2.54. The first-order valence-electron chi connectivity index (χ1n) is 5.12. The van der Waals surface area contributed by atoms with Gasteiger partial charge in [-0.25, -0.2) is 4.79 Å². The van der Waals surface area contributed by atoms with Gasteiger partial charge < -0.3 is 4.74 Å². The summed E-state index contributed by atoms with van der Waals surface area (Å²) in [7, 11) is 0. The van der Waals surface area contributed by atoms with Crippen LogP contribution in [0.2, 0.25) is 0 Å². The van der Waals surface area contributed by atoms with E-state index < -0.39 is 0 Å². The maximum Gasteiger partial charge on any atom is 0.333 e. The SMILES string of the molecule is CCOC(=O)/C(C)=C/Cc1ccccc1. The van der Waals surface area contributed by atoms with Gasteiger partial charge in [0.25, 0.3) is 0 Å². The van der Waals surface area contributed by atoms with Crippen molar-refractivity contribution in [3.63, 3.8) is 0 Å². The Kier molecular flexibility index (Phi) is 4.61. The molecular weight excluding hydrogens is 188 g/mol. The van der Waals surface area contributed by atoms with Crippen molar-refractivity contribution in [1.29, 1.82) is 0 Å². The Morgan fingerprint density at radius 1 is 1.33 bits per heavy atom. The van der Waals surface area contributed by atoms with Gasteiger partial charge in [0.05, 0.1) is 6.61 Å². The highest BCUT2D eigenvalue weighted by Gasteiger charge is 2.02. The summed E-state index contributed by atoms with van der Waals surface area (Å²) in [6.45, 7) is 4.01. The molecule has 80 valence electrons. The number of rotatable bonds is 4. The molecule has 0 N–H and O–H groups in total. The number of benzene rings is 1. The molecule has 0 unspecified atom stereocenters. The van der Waals surface area contributed by atoms with Crippen molar-refractivity contribution >= 4 is 5.97 Å². The molecule has 0 radical (unpaired) electrons. The lowest BCUT2D eigenvalue weighted by atomic mass is 10.1. The van der Waals surface area contributed by atoms with E-state index in [-0.39, 0.29) is 5.97 Å². The second kappa shape index (κ2) is 6.02. The molecule has 2 nitrogen and oxygen atoms in total. The van der Waals surface area contributed by atoms with Crippen LogP contribution in [-0.2, 0) is 16.0 Å². The van der Waals surface area contributed by atoms with Gasteiger partial charge in [0, 0.05) is 5.57 Å². The monoisotopic (exact) mass is 204 g/mol. The van der Waals surface area contributed by atoms with E-state index in [2.05, 4.69) is 0 Å². The molecule has 0 heterocycles. The van der Waals surface area contributed by atoms with Crippen LogP contribution < -0.4 is 0 Å². The van der Waals surface area contributed by atoms with Crippen molar-refractivity contribution in [2.24, 2.45) is 0 Å². The number of esters is 1. The average Bonchev–Trinajstić information content (AvgIpc) is 2.27. The predicted molar refractivity (Wildman–Crippen MR) is 60.5 cm³/mol. The van der Waals surface area contributed by atoms with Gasteiger partial charge in [-0.15, -0.1) is 0 Å². The van der Waals surface area contributed by atoms with E-state index in [1.807, 2.05) is 43.3 Å². The van der Waals surface area contributed by atoms with E-state index in [1.165, 1.54) is 5.56 Å². The first-order chi connectivity index (χ1) is 7.24. The van der Waals surface area contributed by atoms with Crippen molar-refractivity contribution in [1.82, 2.24) is 0 Å². The van der Waals surface area contributed by atoms with Gasteiger partial charge in [-0.05, 0) is 25.8 Å². The van der Waals surface area contributed by atoms with Crippen LogP contribution in [0.15, 0.2) is 42.0 Å². The topological polar surface area (TPSA) is 26.3 Å². The number of carbonyl (C=O) groups is 1. The molecule has 2 heteroatoms. The third kappa shape index (κ3) is 3.98. The summed E-state index contributed by atoms with van der Waals surface area (Å²) >= 11 is 0. The highest BCUT2D eigenvalue weighted by atomic mass is 16.5. The van der Waals surface area contributed by atoms with Crippen molar-refractivity contribution < 1.29 is 9.53 Å². The molecule has 0 aliphatic carbocycles. The summed E-state index contributed by atoms with van der Waals surface area (Å²) in [6.07, 6.45) is 2.67. The molecular formula is C13H16O2. The van der Waals surface area contributed by atoms with Crippen LogP contribution >= 0.6 is 0 Å². The minimum atomic E-state index is -0.228. The lowest BCUT2D eigenvalue weighted by Crippen LogP contribution is -2.05. The second-order valence-electron chi connectivity index (χ2n) is 3.30. The van der Waals surface area contributed by atoms with Gasteiger partial charge in [-0.1, -0.05) is 36.4 Å². The average molecular weight is 204 g/mol. The normalized spacial score (nSPS) is 11.2. The van der Waals surface area contributed by atoms with Crippen molar-refractivity contribution in [3.05, 3.63) is 47.5 Å². The maximum atomic E-state index is 11.3. The third-order valence-electron chi connectivity index (χ3n) is 2.08. The Hall–Kier alpha value is -1.57. The molecule has 0 atom stereocenters. The van der Waals surface area contributed by atoms with E-state index in [1.54, 1.807) is 6.92 Å². The molecule has 0 saturated heterocycles. The Morgan fingerprint density at radius 3 is 2.60 bits per heavy atom. The highest BCUT2D eigenvalue weighted by Crippen LogP contribution is 2.04. The zero-order valence-corrected chi connectivity index (χ0v) is 9.19. The van der Waals surface area contributed by atoms with E-state index in [0.717, 1.165) is 6.42 Å². The minimum Gasteiger partial charge on any atom is -0.463 e. The molecule has 1 rings (SSSR count). The van der Waals surface area contributed by atoms with Crippen molar-refractivity contribution in [3.8, 4) is 0 Å². The largest absolute Gasteiger partial charge is 0.463 e. The lowest BCUT2D eigenvalue weighted by Gasteiger charge is -2.01. The summed E-state index contributed by atoms with van der Waals surface area (Å²) in [5, 5.41) is 0. The zero-order chi connectivity index (χ0) is 11.1. The number of hydrogen-bond donors (Lipinski definition) is 0. The van der Waals surface area contributed by atoms with Gasteiger partial charge in [0.2, 0.25) is 0 Å². The molecule has 0 spiro atoms. The second-order valence-corrected chi connectivity index (χ2v) is 3.30. The van der Waals surface area contributed by atoms with Crippen molar-refractivity contribution in [2.45, 2.75) is 20.3 Å². The van der Waals surface area contributed by atoms with E-state index in [4.69, 9.17) is 4.74 Å². The minimum absolute atomic E-state index is 0.228. The molecule has 0 saturated carbocycles. The molecule has 0 fully saturated rings. The smallest absolute Gasteiger partial charge is 0.333 e. The van der Waals surface area contributed by atoms with Crippen LogP contribution in [-0.4, -0.2) is 12.6 Å². The number of carbonyl (C=O) groups excluding carboxylic acids is 1. The van der Waals surface area contributed by atoms with Crippen LogP contribution in [0.4, 0.5) is 0 Å². The molecule has 0 aliphatic rings. The molecule has 1 aromatic rings. The van der Waals surface area contributed by atoms with Crippen LogP contribution in [0, 0.1) is 0 Å². The number of hydrogen-bond acceptors (Lipinski definition) is 2. The number of allylic oxidation sites excluding steroid dienone is 1. The fourth-order valence-electron chi connectivity index (χ4n) is 1.21. The van der Waals surface area contributed by atoms with Gasteiger partial charge in [0.15, 0.2) is 0 Å². The summed E-state index contributed by atoms with van der Waals surface area (Å²) in [5.74, 6) is -0.228. The number of ether oxygens (including phenoxy) is 1. The van der Waals surface area contributed by atoms with Crippen LogP contribution in [0.1, 0.15) is 19.4 Å². The maximum absolute atomic E-state index is 11.3. The zero-order valence-electron chi connectivity index (χ0n) is 9.19. The fourth-order valence-corrected chi connectivity index (χ4v) is 1.21. The van der Waals surface area contributed by atoms with Crippen LogP contribution in [0.5, 0.6) is 0 Å². The summed E-state index contributed by atoms with van der Waals surface area (Å²) in [5.41, 5.74) is 1.86. The summed E-state index contributed by atoms with van der Waals surface area (Å²) < 4.78 is 4.88. The van der Waals surface area contributed by atoms with Gasteiger partial charge in [-0.2, -0.15) is 0 Å². The first-order valence-corrected chi connectivity index (χ1v) is 5.12.